The quantitative estimate of drug-likeness (QED) is 0.571. The first-order valence-corrected chi connectivity index (χ1v) is 8.71. The van der Waals surface area contributed by atoms with Crippen LogP contribution in [0.4, 0.5) is 0 Å². The van der Waals surface area contributed by atoms with Crippen molar-refractivity contribution in [1.82, 2.24) is 5.32 Å². The van der Waals surface area contributed by atoms with E-state index in [1.807, 2.05) is 27.7 Å². The zero-order valence-corrected chi connectivity index (χ0v) is 12.2. The van der Waals surface area contributed by atoms with Crippen molar-refractivity contribution >= 4 is 25.4 Å². The van der Waals surface area contributed by atoms with E-state index in [9.17, 15) is 13.0 Å². The van der Waals surface area contributed by atoms with E-state index in [2.05, 4.69) is 5.32 Å². The molecule has 2 aliphatic heterocycles. The minimum atomic E-state index is -2.94. The first-order valence-electron chi connectivity index (χ1n) is 5.43. The van der Waals surface area contributed by atoms with Gasteiger partial charge in [-0.15, -0.1) is 0 Å². The van der Waals surface area contributed by atoms with E-state index in [0.717, 1.165) is 9.19 Å². The van der Waals surface area contributed by atoms with Crippen molar-refractivity contribution in [2.24, 2.45) is 5.92 Å². The van der Waals surface area contributed by atoms with Crippen LogP contribution in [0, 0.1) is 5.92 Å². The van der Waals surface area contributed by atoms with Gasteiger partial charge in [0.2, 0.25) is 0 Å². The Hall–Kier alpha value is -0.240. The molecule has 0 spiro atoms. The fourth-order valence-corrected chi connectivity index (χ4v) is 8.49. The van der Waals surface area contributed by atoms with Crippen molar-refractivity contribution in [2.75, 3.05) is 0 Å². The van der Waals surface area contributed by atoms with E-state index in [1.165, 1.54) is 0 Å². The second kappa shape index (κ2) is 3.63. The minimum absolute atomic E-state index is 0.0513. The van der Waals surface area contributed by atoms with Crippen LogP contribution in [0.25, 0.3) is 0 Å². The molecule has 0 saturated carbocycles. The van der Waals surface area contributed by atoms with Crippen LogP contribution >= 0.6 is 0 Å². The van der Waals surface area contributed by atoms with Gasteiger partial charge >= 0.3 is 102 Å². The Bertz CT molecular complexity index is 415. The van der Waals surface area contributed by atoms with Crippen molar-refractivity contribution in [2.45, 2.75) is 43.3 Å². The van der Waals surface area contributed by atoms with Gasteiger partial charge in [0.25, 0.3) is 0 Å². The Labute approximate surface area is 102 Å². The maximum absolute atomic E-state index is 12.4. The SMILES string of the molecule is CC1=C(C)[Te](=O)[C@@]2([C@@H](O)C(C)C)C(=O)N[C@@H]12. The zero-order valence-electron chi connectivity index (χ0n) is 9.90. The Morgan fingerprint density at radius 3 is 2.38 bits per heavy atom. The number of aliphatic hydroxyl groups excluding tert-OH is 1. The van der Waals surface area contributed by atoms with Crippen LogP contribution in [-0.2, 0) is 7.90 Å². The van der Waals surface area contributed by atoms with Crippen LogP contribution < -0.4 is 5.32 Å². The summed E-state index contributed by atoms with van der Waals surface area (Å²) in [5, 5.41) is 13.0. The molecule has 0 unspecified atom stereocenters. The standard InChI is InChI=1S/C11H17NO3Te/c1-5(2)9(13)11-8(12-10(11)14)6(3)7(4)16(11)15/h5,8-9,13H,1-4H3,(H,12,14)/t8-,9-,11-/m0/s1. The number of allylic oxidation sites excluding steroid dienone is 1. The number of carbonyl (C=O) groups is 1. The van der Waals surface area contributed by atoms with E-state index in [4.69, 9.17) is 0 Å². The molecule has 1 fully saturated rings. The van der Waals surface area contributed by atoms with E-state index in [0.29, 0.717) is 0 Å². The van der Waals surface area contributed by atoms with Crippen LogP contribution in [-0.4, -0.2) is 42.7 Å². The van der Waals surface area contributed by atoms with Crippen molar-refractivity contribution in [3.63, 3.8) is 0 Å². The van der Waals surface area contributed by atoms with Crippen molar-refractivity contribution < 1.29 is 13.0 Å². The molecule has 0 radical (unpaired) electrons. The fourth-order valence-electron chi connectivity index (χ4n) is 2.54. The average Bonchev–Trinajstić information content (AvgIpc) is 2.36. The molecule has 2 aliphatic rings. The van der Waals surface area contributed by atoms with Crippen LogP contribution in [0.3, 0.4) is 0 Å². The molecule has 1 saturated heterocycles. The van der Waals surface area contributed by atoms with Crippen molar-refractivity contribution in [1.29, 1.82) is 0 Å². The first-order chi connectivity index (χ1) is 7.35. The van der Waals surface area contributed by atoms with E-state index in [1.54, 1.807) is 0 Å². The summed E-state index contributed by atoms with van der Waals surface area (Å²) in [6, 6.07) is -0.188. The predicted octanol–water partition coefficient (Wildman–Crippen LogP) is 0.553. The van der Waals surface area contributed by atoms with Gasteiger partial charge in [0.15, 0.2) is 0 Å². The molecule has 2 rings (SSSR count). The van der Waals surface area contributed by atoms with Crippen LogP contribution in [0.5, 0.6) is 0 Å². The number of aliphatic hydroxyl groups is 1. The molecule has 16 heavy (non-hydrogen) atoms. The fraction of sp³-hybridized carbons (Fsp3) is 0.727. The second-order valence-corrected chi connectivity index (χ2v) is 10.1. The molecule has 0 aromatic carbocycles. The van der Waals surface area contributed by atoms with E-state index in [-0.39, 0.29) is 17.9 Å². The van der Waals surface area contributed by atoms with Gasteiger partial charge in [-0.25, -0.2) is 0 Å². The molecule has 0 bridgehead atoms. The monoisotopic (exact) mass is 341 g/mol. The topological polar surface area (TPSA) is 66.4 Å². The van der Waals surface area contributed by atoms with Crippen LogP contribution in [0.1, 0.15) is 27.7 Å². The van der Waals surface area contributed by atoms with Crippen LogP contribution in [0.15, 0.2) is 9.19 Å². The molecule has 0 aliphatic carbocycles. The summed E-state index contributed by atoms with van der Waals surface area (Å²) in [6.07, 6.45) is -0.798. The number of β-lactam (4-membered cyclic amide) rings is 1. The Balaban J connectivity index is 2.48. The summed E-state index contributed by atoms with van der Waals surface area (Å²) < 4.78 is 12.3. The molecule has 3 atom stereocenters. The molecule has 0 aromatic rings. The number of hydrogen-bond donors (Lipinski definition) is 2. The van der Waals surface area contributed by atoms with Gasteiger partial charge < -0.3 is 0 Å². The molecule has 0 aromatic heterocycles. The van der Waals surface area contributed by atoms with Crippen molar-refractivity contribution in [3.05, 3.63) is 9.19 Å². The summed E-state index contributed by atoms with van der Waals surface area (Å²) in [4.78, 5) is 11.8. The summed E-state index contributed by atoms with van der Waals surface area (Å²) in [7, 11) is 0. The number of carbonyl (C=O) groups excluding carboxylic acids is 1. The van der Waals surface area contributed by atoms with Gasteiger partial charge in [0, 0.05) is 0 Å². The molecular weight excluding hydrogens is 322 g/mol. The van der Waals surface area contributed by atoms with E-state index < -0.39 is 29.1 Å². The van der Waals surface area contributed by atoms with Crippen molar-refractivity contribution in [3.8, 4) is 0 Å². The molecule has 4 nitrogen and oxygen atoms in total. The summed E-state index contributed by atoms with van der Waals surface area (Å²) in [6.45, 7) is 7.45. The van der Waals surface area contributed by atoms with Gasteiger partial charge in [-0.1, -0.05) is 0 Å². The Morgan fingerprint density at radius 2 is 2.00 bits per heavy atom. The number of fused-ring (bicyclic) bond motifs is 1. The number of nitrogens with one attached hydrogen (secondary N) is 1. The maximum atomic E-state index is 12.4. The van der Waals surface area contributed by atoms with Gasteiger partial charge in [-0.05, 0) is 0 Å². The third-order valence-electron chi connectivity index (χ3n) is 3.70. The normalized spacial score (nSPS) is 36.1. The zero-order chi connectivity index (χ0) is 12.2. The van der Waals surface area contributed by atoms with Gasteiger partial charge in [-0.3, -0.25) is 0 Å². The average molecular weight is 339 g/mol. The molecule has 2 N–H and O–H groups in total. The third kappa shape index (κ3) is 1.17. The van der Waals surface area contributed by atoms with Crippen LogP contribution in [0.2, 0.25) is 3.46 Å². The van der Waals surface area contributed by atoms with Gasteiger partial charge in [-0.2, -0.15) is 0 Å². The van der Waals surface area contributed by atoms with Gasteiger partial charge in [0.05, 0.1) is 0 Å². The molecule has 2 heterocycles. The molecular formula is C11H17NO3Te. The van der Waals surface area contributed by atoms with E-state index >= 15 is 0 Å². The molecule has 90 valence electrons. The second-order valence-electron chi connectivity index (χ2n) is 4.90. The number of hydrogen-bond acceptors (Lipinski definition) is 3. The Morgan fingerprint density at radius 1 is 1.44 bits per heavy atom. The Kier molecular flexibility index (Phi) is 2.77. The van der Waals surface area contributed by atoms with Gasteiger partial charge in [0.1, 0.15) is 0 Å². The number of amides is 1. The molecule has 5 heteroatoms. The summed E-state index contributed by atoms with van der Waals surface area (Å²) >= 11 is -2.94. The summed E-state index contributed by atoms with van der Waals surface area (Å²) in [5.41, 5.74) is 0.992. The number of rotatable bonds is 2. The summed E-state index contributed by atoms with van der Waals surface area (Å²) in [5.74, 6) is -0.272. The predicted molar refractivity (Wildman–Crippen MR) is 60.3 cm³/mol. The first kappa shape index (κ1) is 12.2. The third-order valence-corrected chi connectivity index (χ3v) is 9.85. The molecule has 1 amide bonds.